The average molecular weight is 384 g/mol. The molecule has 0 unspecified atom stereocenters. The molecule has 1 aromatic rings. The first-order chi connectivity index (χ1) is 11.6. The van der Waals surface area contributed by atoms with Crippen LogP contribution in [0.4, 0.5) is 13.2 Å². The van der Waals surface area contributed by atoms with Crippen LogP contribution in [0.1, 0.15) is 25.3 Å². The molecule has 0 saturated carbocycles. The van der Waals surface area contributed by atoms with Crippen molar-refractivity contribution in [2.75, 3.05) is 13.7 Å². The van der Waals surface area contributed by atoms with E-state index in [0.29, 0.717) is 18.8 Å². The number of hydrogen-bond donors (Lipinski definition) is 0. The van der Waals surface area contributed by atoms with Crippen molar-refractivity contribution in [2.45, 2.75) is 37.8 Å². The zero-order valence-electron chi connectivity index (χ0n) is 13.7. The van der Waals surface area contributed by atoms with E-state index in [2.05, 4.69) is 8.92 Å². The molecule has 0 amide bonds. The highest BCUT2D eigenvalue weighted by molar-refractivity contribution is 7.87. The molecule has 1 rings (SSSR count). The summed E-state index contributed by atoms with van der Waals surface area (Å²) in [5, 5.41) is 0. The Kier molecular flexibility index (Phi) is 7.68. The molecule has 1 aromatic carbocycles. The van der Waals surface area contributed by atoms with Gasteiger partial charge in [0.1, 0.15) is 5.75 Å². The number of alkyl halides is 3. The number of esters is 1. The zero-order valence-corrected chi connectivity index (χ0v) is 14.5. The summed E-state index contributed by atoms with van der Waals surface area (Å²) < 4.78 is 72.8. The zero-order chi connectivity index (χ0) is 19.1. The Morgan fingerprint density at radius 3 is 2.28 bits per heavy atom. The standard InChI is InChI=1S/C15H19F3O6S/c1-3-23-12-9-7-11(8-10-12)5-4-6-13(14(19)22-2)24-25(20,21)15(16,17)18/h7-10,13H,3-6H2,1-2H3/t13-/m0/s1. The molecule has 0 aromatic heterocycles. The monoisotopic (exact) mass is 384 g/mol. The van der Waals surface area contributed by atoms with Gasteiger partial charge in [0.2, 0.25) is 0 Å². The number of benzene rings is 1. The smallest absolute Gasteiger partial charge is 0.494 e. The molecule has 25 heavy (non-hydrogen) atoms. The second kappa shape index (κ2) is 9.04. The molecule has 0 bridgehead atoms. The molecule has 0 radical (unpaired) electrons. The summed E-state index contributed by atoms with van der Waals surface area (Å²) in [5.74, 6) is -0.502. The van der Waals surface area contributed by atoms with Gasteiger partial charge in [0.25, 0.3) is 0 Å². The minimum atomic E-state index is -5.88. The maximum absolute atomic E-state index is 12.4. The molecule has 1 atom stereocenters. The Hall–Kier alpha value is -1.81. The minimum absolute atomic E-state index is 0.223. The molecule has 0 aliphatic carbocycles. The molecule has 142 valence electrons. The first-order valence-corrected chi connectivity index (χ1v) is 8.80. The number of ether oxygens (including phenoxy) is 2. The van der Waals surface area contributed by atoms with Gasteiger partial charge in [0, 0.05) is 0 Å². The van der Waals surface area contributed by atoms with Crippen molar-refractivity contribution in [1.29, 1.82) is 0 Å². The summed E-state index contributed by atoms with van der Waals surface area (Å²) in [5.41, 5.74) is -4.75. The number of rotatable bonds is 9. The van der Waals surface area contributed by atoms with Crippen LogP contribution in [0.3, 0.4) is 0 Å². The summed E-state index contributed by atoms with van der Waals surface area (Å²) in [6.45, 7) is 2.36. The molecule has 0 fully saturated rings. The largest absolute Gasteiger partial charge is 0.523 e. The van der Waals surface area contributed by atoms with E-state index in [1.165, 1.54) is 0 Å². The van der Waals surface area contributed by atoms with Crippen molar-refractivity contribution < 1.29 is 40.0 Å². The molecule has 0 aliphatic rings. The van der Waals surface area contributed by atoms with Gasteiger partial charge in [0.05, 0.1) is 13.7 Å². The Morgan fingerprint density at radius 1 is 1.20 bits per heavy atom. The lowest BCUT2D eigenvalue weighted by Crippen LogP contribution is -2.34. The van der Waals surface area contributed by atoms with Gasteiger partial charge in [-0.2, -0.15) is 21.6 Å². The van der Waals surface area contributed by atoms with Crippen molar-refractivity contribution in [3.05, 3.63) is 29.8 Å². The summed E-state index contributed by atoms with van der Waals surface area (Å²) in [6, 6.07) is 7.01. The molecule has 0 spiro atoms. The van der Waals surface area contributed by atoms with Gasteiger partial charge in [-0.1, -0.05) is 12.1 Å². The fourth-order valence-electron chi connectivity index (χ4n) is 1.95. The Morgan fingerprint density at radius 2 is 1.80 bits per heavy atom. The third-order valence-corrected chi connectivity index (χ3v) is 4.21. The van der Waals surface area contributed by atoms with E-state index < -0.39 is 27.7 Å². The topological polar surface area (TPSA) is 78.9 Å². The van der Waals surface area contributed by atoms with Gasteiger partial charge in [-0.25, -0.2) is 8.98 Å². The van der Waals surface area contributed by atoms with Gasteiger partial charge in [0.15, 0.2) is 6.10 Å². The van der Waals surface area contributed by atoms with Crippen LogP contribution >= 0.6 is 0 Å². The molecular weight excluding hydrogens is 365 g/mol. The van der Waals surface area contributed by atoms with Crippen LogP contribution in [0.5, 0.6) is 5.75 Å². The highest BCUT2D eigenvalue weighted by atomic mass is 32.2. The summed E-state index contributed by atoms with van der Waals surface area (Å²) in [7, 11) is -4.94. The van der Waals surface area contributed by atoms with E-state index in [1.54, 1.807) is 24.3 Å². The van der Waals surface area contributed by atoms with Crippen LogP contribution < -0.4 is 4.74 Å². The number of carbonyl (C=O) groups excluding carboxylic acids is 1. The highest BCUT2D eigenvalue weighted by Gasteiger charge is 2.49. The molecule has 0 N–H and O–H groups in total. The Balaban J connectivity index is 2.66. The third kappa shape index (κ3) is 6.54. The van der Waals surface area contributed by atoms with E-state index >= 15 is 0 Å². The van der Waals surface area contributed by atoms with Gasteiger partial charge in [-0.15, -0.1) is 0 Å². The van der Waals surface area contributed by atoms with E-state index in [-0.39, 0.29) is 12.8 Å². The molecule has 6 nitrogen and oxygen atoms in total. The van der Waals surface area contributed by atoms with Crippen molar-refractivity contribution in [2.24, 2.45) is 0 Å². The molecule has 10 heteroatoms. The highest BCUT2D eigenvalue weighted by Crippen LogP contribution is 2.27. The van der Waals surface area contributed by atoms with Crippen LogP contribution in [-0.2, 0) is 30.3 Å². The maximum atomic E-state index is 12.4. The molecule has 0 aliphatic heterocycles. The number of halogens is 3. The fourth-order valence-corrected chi connectivity index (χ4v) is 2.54. The number of hydrogen-bond acceptors (Lipinski definition) is 6. The Labute approximate surface area is 144 Å². The maximum Gasteiger partial charge on any atom is 0.523 e. The minimum Gasteiger partial charge on any atom is -0.494 e. The van der Waals surface area contributed by atoms with E-state index in [1.807, 2.05) is 6.92 Å². The average Bonchev–Trinajstić information content (AvgIpc) is 2.54. The third-order valence-electron chi connectivity index (χ3n) is 3.16. The second-order valence-electron chi connectivity index (χ2n) is 4.98. The number of carbonyl (C=O) groups is 1. The lowest BCUT2D eigenvalue weighted by atomic mass is 10.1. The quantitative estimate of drug-likeness (QED) is 0.370. The van der Waals surface area contributed by atoms with Gasteiger partial charge in [-0.05, 0) is 43.9 Å². The number of methoxy groups -OCH3 is 1. The van der Waals surface area contributed by atoms with Crippen LogP contribution in [-0.4, -0.2) is 39.7 Å². The Bertz CT molecular complexity index is 655. The SMILES string of the molecule is CCOc1ccc(CCC[C@H](OS(=O)(=O)C(F)(F)F)C(=O)OC)cc1. The fraction of sp³-hybridized carbons (Fsp3) is 0.533. The molecular formula is C15H19F3O6S. The van der Waals surface area contributed by atoms with Crippen LogP contribution in [0.2, 0.25) is 0 Å². The lowest BCUT2D eigenvalue weighted by molar-refractivity contribution is -0.149. The normalized spacial score (nSPS) is 13.3. The predicted octanol–water partition coefficient (Wildman–Crippen LogP) is 2.82. The van der Waals surface area contributed by atoms with Crippen molar-refractivity contribution in [3.8, 4) is 5.75 Å². The van der Waals surface area contributed by atoms with Crippen LogP contribution in [0.25, 0.3) is 0 Å². The van der Waals surface area contributed by atoms with E-state index in [4.69, 9.17) is 4.74 Å². The first-order valence-electron chi connectivity index (χ1n) is 7.40. The first kappa shape index (κ1) is 21.2. The number of aryl methyl sites for hydroxylation is 1. The van der Waals surface area contributed by atoms with E-state index in [9.17, 15) is 26.4 Å². The van der Waals surface area contributed by atoms with Crippen molar-refractivity contribution in [3.63, 3.8) is 0 Å². The summed E-state index contributed by atoms with van der Waals surface area (Å²) >= 11 is 0. The van der Waals surface area contributed by atoms with Crippen molar-refractivity contribution in [1.82, 2.24) is 0 Å². The second-order valence-corrected chi connectivity index (χ2v) is 6.54. The molecule has 0 saturated heterocycles. The summed E-state index contributed by atoms with van der Waals surface area (Å²) in [4.78, 5) is 11.5. The van der Waals surface area contributed by atoms with Gasteiger partial charge >= 0.3 is 21.6 Å². The van der Waals surface area contributed by atoms with Crippen LogP contribution in [0.15, 0.2) is 24.3 Å². The summed E-state index contributed by atoms with van der Waals surface area (Å²) in [6.07, 6.45) is -1.45. The van der Waals surface area contributed by atoms with Crippen LogP contribution in [0, 0.1) is 0 Å². The van der Waals surface area contributed by atoms with Crippen molar-refractivity contribution >= 4 is 16.1 Å². The molecule has 0 heterocycles. The van der Waals surface area contributed by atoms with Gasteiger partial charge in [-0.3, -0.25) is 0 Å². The lowest BCUT2D eigenvalue weighted by Gasteiger charge is -2.16. The predicted molar refractivity (Wildman–Crippen MR) is 82.4 cm³/mol. The van der Waals surface area contributed by atoms with E-state index in [0.717, 1.165) is 12.7 Å². The van der Waals surface area contributed by atoms with Gasteiger partial charge < -0.3 is 9.47 Å².